The second kappa shape index (κ2) is 8.94. The van der Waals surface area contributed by atoms with Crippen molar-refractivity contribution in [3.8, 4) is 0 Å². The lowest BCUT2D eigenvalue weighted by atomic mass is 10.1. The molecule has 0 amide bonds. The molecule has 120 valence electrons. The Labute approximate surface area is 121 Å². The van der Waals surface area contributed by atoms with Gasteiger partial charge >= 0.3 is 0 Å². The van der Waals surface area contributed by atoms with Crippen molar-refractivity contribution in [3.63, 3.8) is 0 Å². The molecule has 0 aliphatic carbocycles. The van der Waals surface area contributed by atoms with Gasteiger partial charge < -0.3 is 19.9 Å². The molecule has 0 spiro atoms. The molecule has 0 saturated carbocycles. The zero-order valence-electron chi connectivity index (χ0n) is 12.4. The summed E-state index contributed by atoms with van der Waals surface area (Å²) in [7, 11) is -2.82. The minimum absolute atomic E-state index is 0.178. The minimum atomic E-state index is -2.82. The number of ether oxygens (including phenoxy) is 2. The Balaban J connectivity index is 2.01. The van der Waals surface area contributed by atoms with Gasteiger partial charge in [0, 0.05) is 12.6 Å². The first kappa shape index (κ1) is 17.8. The van der Waals surface area contributed by atoms with Crippen LogP contribution < -0.4 is 5.32 Å². The average Bonchev–Trinajstić information content (AvgIpc) is 2.36. The van der Waals surface area contributed by atoms with E-state index in [-0.39, 0.29) is 30.3 Å². The van der Waals surface area contributed by atoms with Crippen molar-refractivity contribution < 1.29 is 23.0 Å². The van der Waals surface area contributed by atoms with Gasteiger partial charge in [-0.05, 0) is 26.7 Å². The lowest BCUT2D eigenvalue weighted by Crippen LogP contribution is -2.42. The fraction of sp³-hybridized carbons (Fsp3) is 1.00. The number of hydrogen-bond acceptors (Lipinski definition) is 6. The van der Waals surface area contributed by atoms with E-state index in [9.17, 15) is 13.5 Å². The highest BCUT2D eigenvalue weighted by Crippen LogP contribution is 2.11. The van der Waals surface area contributed by atoms with Gasteiger partial charge in [0.05, 0.1) is 43.5 Å². The minimum Gasteiger partial charge on any atom is -0.389 e. The van der Waals surface area contributed by atoms with Crippen LogP contribution in [-0.4, -0.2) is 69.6 Å². The van der Waals surface area contributed by atoms with Crippen molar-refractivity contribution in [1.82, 2.24) is 5.32 Å². The molecule has 7 heteroatoms. The van der Waals surface area contributed by atoms with Crippen LogP contribution in [0.25, 0.3) is 0 Å². The predicted molar refractivity (Wildman–Crippen MR) is 77.6 cm³/mol. The number of rotatable bonds is 9. The van der Waals surface area contributed by atoms with Crippen LogP contribution in [0.2, 0.25) is 0 Å². The van der Waals surface area contributed by atoms with Crippen molar-refractivity contribution in [2.75, 3.05) is 37.9 Å². The highest BCUT2D eigenvalue weighted by molar-refractivity contribution is 7.91. The van der Waals surface area contributed by atoms with Gasteiger partial charge in [-0.15, -0.1) is 0 Å². The van der Waals surface area contributed by atoms with Gasteiger partial charge in [0.2, 0.25) is 0 Å². The summed E-state index contributed by atoms with van der Waals surface area (Å²) in [6.07, 6.45) is 0.858. The van der Waals surface area contributed by atoms with Crippen LogP contribution in [0, 0.1) is 0 Å². The molecular weight excluding hydrogens is 282 g/mol. The normalized spacial score (nSPS) is 21.2. The molecule has 2 N–H and O–H groups in total. The number of sulfone groups is 1. The van der Waals surface area contributed by atoms with E-state index in [1.54, 1.807) is 0 Å². The Morgan fingerprint density at radius 2 is 1.90 bits per heavy atom. The molecule has 0 aromatic carbocycles. The van der Waals surface area contributed by atoms with Crippen LogP contribution in [0.15, 0.2) is 0 Å². The molecule has 1 aliphatic rings. The average molecular weight is 309 g/mol. The lowest BCUT2D eigenvalue weighted by Gasteiger charge is -2.24. The predicted octanol–water partition coefficient (Wildman–Crippen LogP) is -0.0443. The van der Waals surface area contributed by atoms with Gasteiger partial charge in [0.25, 0.3) is 0 Å². The lowest BCUT2D eigenvalue weighted by molar-refractivity contribution is -0.0105. The Kier molecular flexibility index (Phi) is 7.98. The fourth-order valence-corrected chi connectivity index (χ4v) is 3.51. The summed E-state index contributed by atoms with van der Waals surface area (Å²) in [5, 5.41) is 12.9. The highest BCUT2D eigenvalue weighted by atomic mass is 32.2. The third-order valence-corrected chi connectivity index (χ3v) is 4.90. The summed E-state index contributed by atoms with van der Waals surface area (Å²) < 4.78 is 33.2. The summed E-state index contributed by atoms with van der Waals surface area (Å²) in [5.41, 5.74) is 0. The molecule has 1 aliphatic heterocycles. The topological polar surface area (TPSA) is 84.9 Å². The maximum atomic E-state index is 11.3. The van der Waals surface area contributed by atoms with E-state index in [1.807, 2.05) is 13.8 Å². The quantitative estimate of drug-likeness (QED) is 0.581. The third kappa shape index (κ3) is 8.16. The second-order valence-corrected chi connectivity index (χ2v) is 7.79. The van der Waals surface area contributed by atoms with E-state index in [1.165, 1.54) is 0 Å². The maximum Gasteiger partial charge on any atom is 0.150 e. The van der Waals surface area contributed by atoms with Crippen molar-refractivity contribution in [2.45, 2.75) is 44.9 Å². The summed E-state index contributed by atoms with van der Waals surface area (Å²) in [6, 6.07) is 0.178. The molecule has 0 bridgehead atoms. The summed E-state index contributed by atoms with van der Waals surface area (Å²) in [4.78, 5) is 0. The van der Waals surface area contributed by atoms with Gasteiger partial charge in [-0.3, -0.25) is 0 Å². The Morgan fingerprint density at radius 1 is 1.25 bits per heavy atom. The molecule has 1 unspecified atom stereocenters. The molecule has 0 aromatic heterocycles. The molecule has 1 atom stereocenters. The number of nitrogens with one attached hydrogen (secondary N) is 1. The summed E-state index contributed by atoms with van der Waals surface area (Å²) in [5.74, 6) is 0.480. The Bertz CT molecular complexity index is 344. The van der Waals surface area contributed by atoms with Gasteiger partial charge in [0.1, 0.15) is 9.84 Å². The van der Waals surface area contributed by atoms with Gasteiger partial charge in [0.15, 0.2) is 0 Å². The largest absolute Gasteiger partial charge is 0.389 e. The second-order valence-electron chi connectivity index (χ2n) is 5.48. The molecule has 1 fully saturated rings. The van der Waals surface area contributed by atoms with E-state index in [0.717, 1.165) is 0 Å². The van der Waals surface area contributed by atoms with Crippen molar-refractivity contribution >= 4 is 9.84 Å². The monoisotopic (exact) mass is 309 g/mol. The molecular formula is C13H27NO5S. The molecule has 6 nitrogen and oxygen atoms in total. The van der Waals surface area contributed by atoms with E-state index >= 15 is 0 Å². The summed E-state index contributed by atoms with van der Waals surface area (Å²) >= 11 is 0. The molecule has 0 radical (unpaired) electrons. The number of aliphatic hydroxyl groups is 1. The number of hydrogen-bond donors (Lipinski definition) is 2. The third-order valence-electron chi connectivity index (χ3n) is 3.19. The van der Waals surface area contributed by atoms with E-state index < -0.39 is 15.9 Å². The standard InChI is InChI=1S/C13H27NO5S/c1-11(2)19-6-5-18-10-13(15)9-14-12-3-7-20(16,17)8-4-12/h11-15H,3-10H2,1-2H3. The summed E-state index contributed by atoms with van der Waals surface area (Å²) in [6.45, 7) is 5.61. The van der Waals surface area contributed by atoms with Crippen LogP contribution in [0.5, 0.6) is 0 Å². The van der Waals surface area contributed by atoms with Crippen molar-refractivity contribution in [3.05, 3.63) is 0 Å². The van der Waals surface area contributed by atoms with Crippen LogP contribution in [-0.2, 0) is 19.3 Å². The first-order valence-corrected chi connectivity index (χ1v) is 9.02. The van der Waals surface area contributed by atoms with Crippen LogP contribution in [0.4, 0.5) is 0 Å². The molecule has 1 saturated heterocycles. The molecule has 1 heterocycles. The zero-order chi connectivity index (χ0) is 15.0. The van der Waals surface area contributed by atoms with Crippen LogP contribution in [0.3, 0.4) is 0 Å². The van der Waals surface area contributed by atoms with Crippen LogP contribution in [0.1, 0.15) is 26.7 Å². The molecule has 20 heavy (non-hydrogen) atoms. The van der Waals surface area contributed by atoms with Crippen LogP contribution >= 0.6 is 0 Å². The number of aliphatic hydroxyl groups excluding tert-OH is 1. The first-order valence-electron chi connectivity index (χ1n) is 7.20. The van der Waals surface area contributed by atoms with Gasteiger partial charge in [-0.1, -0.05) is 0 Å². The Hall–Kier alpha value is -0.210. The van der Waals surface area contributed by atoms with Gasteiger partial charge in [-0.2, -0.15) is 0 Å². The van der Waals surface area contributed by atoms with Crippen molar-refractivity contribution in [2.24, 2.45) is 0 Å². The SMILES string of the molecule is CC(C)OCCOCC(O)CNC1CCS(=O)(=O)CC1. The van der Waals surface area contributed by atoms with Gasteiger partial charge in [-0.25, -0.2) is 8.42 Å². The van der Waals surface area contributed by atoms with E-state index in [2.05, 4.69) is 5.32 Å². The zero-order valence-corrected chi connectivity index (χ0v) is 13.2. The molecule has 1 rings (SSSR count). The Morgan fingerprint density at radius 3 is 2.50 bits per heavy atom. The fourth-order valence-electron chi connectivity index (χ4n) is 2.02. The molecule has 0 aromatic rings. The maximum absolute atomic E-state index is 11.3. The first-order chi connectivity index (χ1) is 9.39. The highest BCUT2D eigenvalue weighted by Gasteiger charge is 2.23. The smallest absolute Gasteiger partial charge is 0.150 e. The van der Waals surface area contributed by atoms with E-state index in [4.69, 9.17) is 9.47 Å². The van der Waals surface area contributed by atoms with Crippen molar-refractivity contribution in [1.29, 1.82) is 0 Å². The van der Waals surface area contributed by atoms with E-state index in [0.29, 0.717) is 32.6 Å².